The Morgan fingerprint density at radius 1 is 1.50 bits per heavy atom. The fourth-order valence-electron chi connectivity index (χ4n) is 1.06. The summed E-state index contributed by atoms with van der Waals surface area (Å²) in [7, 11) is 0. The molecule has 0 aliphatic heterocycles. The van der Waals surface area contributed by atoms with E-state index in [1.165, 1.54) is 5.57 Å². The molecule has 1 atom stereocenters. The molecule has 0 aromatic carbocycles. The van der Waals surface area contributed by atoms with E-state index in [1.807, 2.05) is 13.0 Å². The van der Waals surface area contributed by atoms with Gasteiger partial charge < -0.3 is 11.6 Å². The van der Waals surface area contributed by atoms with Crippen molar-refractivity contribution in [3.8, 4) is 0 Å². The summed E-state index contributed by atoms with van der Waals surface area (Å²) in [4.78, 5) is 3.88. The van der Waals surface area contributed by atoms with Crippen LogP contribution in [0.4, 0.5) is 0 Å². The minimum Gasteiger partial charge on any atom is -0.494 e. The molecule has 16 heavy (non-hydrogen) atoms. The molecule has 2 heteroatoms. The molecule has 0 aliphatic carbocycles. The van der Waals surface area contributed by atoms with Crippen molar-refractivity contribution in [2.75, 3.05) is 0 Å². The first kappa shape index (κ1) is 21.3. The van der Waals surface area contributed by atoms with Crippen LogP contribution in [-0.4, -0.2) is 6.21 Å². The summed E-state index contributed by atoms with van der Waals surface area (Å²) in [6.07, 6.45) is 9.84. The van der Waals surface area contributed by atoms with Gasteiger partial charge in [-0.25, -0.2) is 0 Å². The first-order valence-corrected chi connectivity index (χ1v) is 4.91. The third kappa shape index (κ3) is 10.5. The minimum absolute atomic E-state index is 0. The van der Waals surface area contributed by atoms with Crippen molar-refractivity contribution in [3.63, 3.8) is 0 Å². The summed E-state index contributed by atoms with van der Waals surface area (Å²) < 4.78 is 0. The van der Waals surface area contributed by atoms with Crippen LogP contribution in [0.3, 0.4) is 0 Å². The number of hydrogen-bond acceptors (Lipinski definition) is 1. The molecule has 0 aromatic heterocycles. The Morgan fingerprint density at radius 2 is 2.06 bits per heavy atom. The van der Waals surface area contributed by atoms with Gasteiger partial charge in [-0.1, -0.05) is 33.4 Å². The van der Waals surface area contributed by atoms with Gasteiger partial charge in [-0.3, -0.25) is 11.8 Å². The molecule has 0 fully saturated rings. The van der Waals surface area contributed by atoms with E-state index in [0.29, 0.717) is 11.6 Å². The quantitative estimate of drug-likeness (QED) is 0.307. The van der Waals surface area contributed by atoms with Gasteiger partial charge in [0.25, 0.3) is 0 Å². The van der Waals surface area contributed by atoms with Crippen LogP contribution in [0.15, 0.2) is 34.5 Å². The molecular weight excluding hydrogens is 271 g/mol. The second kappa shape index (κ2) is 13.1. The normalized spacial score (nSPS) is 13.4. The summed E-state index contributed by atoms with van der Waals surface area (Å²) in [5, 5.41) is 0. The Bertz CT molecular complexity index is 262. The number of rotatable bonds is 5. The molecule has 0 amide bonds. The summed E-state index contributed by atoms with van der Waals surface area (Å²) in [5.74, 6) is 0.511. The fraction of sp³-hybridized carbons (Fsp3) is 0.500. The van der Waals surface area contributed by atoms with Gasteiger partial charge in [0.2, 0.25) is 0 Å². The van der Waals surface area contributed by atoms with E-state index in [4.69, 9.17) is 6.58 Å². The van der Waals surface area contributed by atoms with Gasteiger partial charge in [-0.2, -0.15) is 11.8 Å². The van der Waals surface area contributed by atoms with Gasteiger partial charge in [-0.15, -0.1) is 6.92 Å². The zero-order valence-electron chi connectivity index (χ0n) is 10.1. The molecular formula is C14H23NY-2. The zero-order chi connectivity index (χ0) is 11.0. The van der Waals surface area contributed by atoms with E-state index in [2.05, 4.69) is 37.2 Å². The third-order valence-corrected chi connectivity index (χ3v) is 2.12. The Balaban J connectivity index is -0.000000845. The largest absolute Gasteiger partial charge is 0.494 e. The van der Waals surface area contributed by atoms with Gasteiger partial charge in [0.15, 0.2) is 0 Å². The molecule has 0 aliphatic rings. The summed E-state index contributed by atoms with van der Waals surface area (Å²) >= 11 is 0. The molecule has 0 N–H and O–H groups in total. The van der Waals surface area contributed by atoms with Crippen LogP contribution >= 0.6 is 0 Å². The molecule has 0 bridgehead atoms. The Kier molecular flexibility index (Phi) is 17.4. The van der Waals surface area contributed by atoms with Crippen LogP contribution in [0.2, 0.25) is 0 Å². The second-order valence-corrected chi connectivity index (χ2v) is 3.35. The molecule has 0 saturated heterocycles. The maximum absolute atomic E-state index is 5.64. The minimum atomic E-state index is 0. The maximum atomic E-state index is 5.64. The molecule has 0 spiro atoms. The zero-order valence-corrected chi connectivity index (χ0v) is 13.0. The van der Waals surface area contributed by atoms with Gasteiger partial charge >= 0.3 is 0 Å². The van der Waals surface area contributed by atoms with Crippen LogP contribution in [0.5, 0.6) is 0 Å². The van der Waals surface area contributed by atoms with Crippen LogP contribution in [-0.2, 0) is 32.7 Å². The van der Waals surface area contributed by atoms with Gasteiger partial charge in [-0.05, 0) is 19.3 Å². The molecule has 0 heterocycles. The summed E-state index contributed by atoms with van der Waals surface area (Å²) in [6.45, 7) is 13.7. The third-order valence-electron chi connectivity index (χ3n) is 2.12. The SMILES string of the molecule is C.[CH-]=C(/C=C(\C)[C@@H](C)C/C=C\C)N=[C-]C.[Y]. The van der Waals surface area contributed by atoms with E-state index in [1.54, 1.807) is 6.92 Å². The smallest absolute Gasteiger partial charge is 0 e. The first-order chi connectivity index (χ1) is 6.61. The van der Waals surface area contributed by atoms with Crippen molar-refractivity contribution in [1.29, 1.82) is 0 Å². The van der Waals surface area contributed by atoms with Crippen LogP contribution in [0, 0.1) is 12.5 Å². The first-order valence-electron chi connectivity index (χ1n) is 4.91. The Labute approximate surface area is 127 Å². The van der Waals surface area contributed by atoms with E-state index in [0.717, 1.165) is 6.42 Å². The molecule has 0 saturated carbocycles. The molecule has 0 rings (SSSR count). The molecule has 1 radical (unpaired) electrons. The van der Waals surface area contributed by atoms with Crippen molar-refractivity contribution in [2.45, 2.75) is 41.5 Å². The van der Waals surface area contributed by atoms with Crippen molar-refractivity contribution >= 4 is 6.21 Å². The molecule has 0 unspecified atom stereocenters. The predicted molar refractivity (Wildman–Crippen MR) is 70.0 cm³/mol. The van der Waals surface area contributed by atoms with Crippen LogP contribution in [0.1, 0.15) is 41.5 Å². The Hall–Kier alpha value is -0.00610. The predicted octanol–water partition coefficient (Wildman–Crippen LogP) is 4.45. The van der Waals surface area contributed by atoms with Crippen molar-refractivity contribution < 1.29 is 32.7 Å². The number of hydrogen-bond donors (Lipinski definition) is 0. The summed E-state index contributed by atoms with van der Waals surface area (Å²) in [6, 6.07) is 0. The summed E-state index contributed by atoms with van der Waals surface area (Å²) in [5.41, 5.74) is 1.77. The molecule has 1 nitrogen and oxygen atoms in total. The van der Waals surface area contributed by atoms with E-state index >= 15 is 0 Å². The standard InChI is InChI=1S/C13H19N.CH4.Y/c1-6-8-9-11(3)12(4)10-13(5)14-7-2;;/h5-6,8,10-11H,9H2,1-4H3;1H4;/q-2;;/b8-6-,12-10+;;/t11-;;/m0../s1. The van der Waals surface area contributed by atoms with Crippen LogP contribution in [0.25, 0.3) is 0 Å². The number of aliphatic imine (C=N–C) groups is 1. The van der Waals surface area contributed by atoms with Gasteiger partial charge in [0, 0.05) is 32.7 Å². The molecule has 0 aromatic rings. The van der Waals surface area contributed by atoms with Gasteiger partial charge in [0.05, 0.1) is 0 Å². The van der Waals surface area contributed by atoms with Crippen molar-refractivity contribution in [2.24, 2.45) is 10.9 Å². The average molecular weight is 294 g/mol. The van der Waals surface area contributed by atoms with Crippen molar-refractivity contribution in [1.82, 2.24) is 0 Å². The topological polar surface area (TPSA) is 12.4 Å². The van der Waals surface area contributed by atoms with Crippen molar-refractivity contribution in [3.05, 3.63) is 36.1 Å². The van der Waals surface area contributed by atoms with Gasteiger partial charge in [0.1, 0.15) is 0 Å². The molecule has 89 valence electrons. The fourth-order valence-corrected chi connectivity index (χ4v) is 1.06. The second-order valence-electron chi connectivity index (χ2n) is 3.35. The maximum Gasteiger partial charge on any atom is 0 e. The Morgan fingerprint density at radius 3 is 2.50 bits per heavy atom. The van der Waals surface area contributed by atoms with E-state index in [-0.39, 0.29) is 40.1 Å². The van der Waals surface area contributed by atoms with E-state index < -0.39 is 0 Å². The number of nitrogens with zero attached hydrogens (tertiary/aromatic N) is 1. The van der Waals surface area contributed by atoms with Crippen LogP contribution < -0.4 is 0 Å². The monoisotopic (exact) mass is 294 g/mol. The number of allylic oxidation sites excluding steroid dienone is 4. The average Bonchev–Trinajstić information content (AvgIpc) is 2.14. The van der Waals surface area contributed by atoms with E-state index in [9.17, 15) is 0 Å².